The molecule has 0 aromatic heterocycles. The Bertz CT molecular complexity index is 385. The van der Waals surface area contributed by atoms with Crippen molar-refractivity contribution in [3.63, 3.8) is 0 Å². The summed E-state index contributed by atoms with van der Waals surface area (Å²) in [7, 11) is 1.66. The molecule has 0 radical (unpaired) electrons. The zero-order valence-corrected chi connectivity index (χ0v) is 11.1. The van der Waals surface area contributed by atoms with Crippen LogP contribution in [0, 0.1) is 0 Å². The number of hydrogen-bond acceptors (Lipinski definition) is 2. The van der Waals surface area contributed by atoms with E-state index in [1.54, 1.807) is 7.11 Å². The van der Waals surface area contributed by atoms with Crippen molar-refractivity contribution < 1.29 is 9.53 Å². The van der Waals surface area contributed by atoms with Crippen LogP contribution in [-0.4, -0.2) is 26.2 Å². The number of nitrogens with one attached hydrogen (secondary N) is 1. The molecule has 0 spiro atoms. The Kier molecular flexibility index (Phi) is 6.81. The molecule has 98 valence electrons. The third-order valence-electron chi connectivity index (χ3n) is 2.62. The van der Waals surface area contributed by atoms with Crippen molar-refractivity contribution in [3.8, 4) is 0 Å². The van der Waals surface area contributed by atoms with Gasteiger partial charge in [-0.1, -0.05) is 37.3 Å². The molecule has 0 aliphatic heterocycles. The second-order valence-corrected chi connectivity index (χ2v) is 4.04. The van der Waals surface area contributed by atoms with E-state index in [0.717, 1.165) is 24.0 Å². The maximum atomic E-state index is 11.9. The van der Waals surface area contributed by atoms with Crippen LogP contribution in [0.25, 0.3) is 6.08 Å². The summed E-state index contributed by atoms with van der Waals surface area (Å²) in [6, 6.07) is 9.89. The lowest BCUT2D eigenvalue weighted by molar-refractivity contribution is -0.117. The quantitative estimate of drug-likeness (QED) is 0.594. The summed E-state index contributed by atoms with van der Waals surface area (Å²) in [5, 5.41) is 2.90. The predicted molar refractivity (Wildman–Crippen MR) is 74.2 cm³/mol. The standard InChI is InChI=1S/C15H21NO2/c1-3-14(12-13-8-5-4-6-9-13)15(17)16-10-7-11-18-2/h4-6,8-9,12H,3,7,10-11H2,1-2H3,(H,16,17)/b14-12+. The Morgan fingerprint density at radius 3 is 2.67 bits per heavy atom. The van der Waals surface area contributed by atoms with E-state index >= 15 is 0 Å². The minimum Gasteiger partial charge on any atom is -0.385 e. The Morgan fingerprint density at radius 1 is 1.33 bits per heavy atom. The molecule has 1 aromatic rings. The molecule has 0 heterocycles. The maximum Gasteiger partial charge on any atom is 0.247 e. The summed E-state index contributed by atoms with van der Waals surface area (Å²) < 4.78 is 4.94. The van der Waals surface area contributed by atoms with Gasteiger partial charge >= 0.3 is 0 Å². The van der Waals surface area contributed by atoms with Crippen LogP contribution in [0.1, 0.15) is 25.3 Å². The number of rotatable bonds is 7. The van der Waals surface area contributed by atoms with Crippen LogP contribution in [0.4, 0.5) is 0 Å². The average Bonchev–Trinajstić information content (AvgIpc) is 2.42. The van der Waals surface area contributed by atoms with Crippen molar-refractivity contribution in [2.24, 2.45) is 0 Å². The van der Waals surface area contributed by atoms with Crippen molar-refractivity contribution in [3.05, 3.63) is 41.5 Å². The monoisotopic (exact) mass is 247 g/mol. The van der Waals surface area contributed by atoms with Gasteiger partial charge in [-0.3, -0.25) is 4.79 Å². The smallest absolute Gasteiger partial charge is 0.247 e. The Balaban J connectivity index is 2.55. The molecule has 0 saturated carbocycles. The highest BCUT2D eigenvalue weighted by Gasteiger charge is 2.06. The number of carbonyl (C=O) groups excluding carboxylic acids is 1. The summed E-state index contributed by atoms with van der Waals surface area (Å²) in [5.41, 5.74) is 1.86. The van der Waals surface area contributed by atoms with Crippen molar-refractivity contribution in [1.29, 1.82) is 0 Å². The number of benzene rings is 1. The summed E-state index contributed by atoms with van der Waals surface area (Å²) in [6.07, 6.45) is 3.50. The predicted octanol–water partition coefficient (Wildman–Crippen LogP) is 2.63. The molecular formula is C15H21NO2. The highest BCUT2D eigenvalue weighted by atomic mass is 16.5. The highest BCUT2D eigenvalue weighted by Crippen LogP contribution is 2.09. The van der Waals surface area contributed by atoms with Gasteiger partial charge in [-0.15, -0.1) is 0 Å². The van der Waals surface area contributed by atoms with E-state index in [4.69, 9.17) is 4.74 Å². The van der Waals surface area contributed by atoms with Gasteiger partial charge < -0.3 is 10.1 Å². The molecule has 18 heavy (non-hydrogen) atoms. The van der Waals surface area contributed by atoms with Crippen LogP contribution >= 0.6 is 0 Å². The molecule has 3 heteroatoms. The topological polar surface area (TPSA) is 38.3 Å². The summed E-state index contributed by atoms with van der Waals surface area (Å²) in [6.45, 7) is 3.31. The van der Waals surface area contributed by atoms with Crippen molar-refractivity contribution in [1.82, 2.24) is 5.32 Å². The van der Waals surface area contributed by atoms with Crippen molar-refractivity contribution in [2.75, 3.05) is 20.3 Å². The number of carbonyl (C=O) groups is 1. The minimum atomic E-state index is 0.0115. The summed E-state index contributed by atoms with van der Waals surface area (Å²) >= 11 is 0. The Hall–Kier alpha value is -1.61. The molecule has 1 aromatic carbocycles. The number of hydrogen-bond donors (Lipinski definition) is 1. The van der Waals surface area contributed by atoms with E-state index in [-0.39, 0.29) is 5.91 Å². The lowest BCUT2D eigenvalue weighted by Gasteiger charge is -2.07. The summed E-state index contributed by atoms with van der Waals surface area (Å²) in [5.74, 6) is 0.0115. The maximum absolute atomic E-state index is 11.9. The first-order chi connectivity index (χ1) is 8.77. The molecule has 0 aliphatic carbocycles. The van der Waals surface area contributed by atoms with Crippen LogP contribution in [0.15, 0.2) is 35.9 Å². The molecule has 0 saturated heterocycles. The van der Waals surface area contributed by atoms with E-state index in [1.807, 2.05) is 43.3 Å². The summed E-state index contributed by atoms with van der Waals surface area (Å²) in [4.78, 5) is 11.9. The first kappa shape index (κ1) is 14.5. The lowest BCUT2D eigenvalue weighted by Crippen LogP contribution is -2.26. The van der Waals surface area contributed by atoms with Gasteiger partial charge in [0.05, 0.1) is 0 Å². The van der Waals surface area contributed by atoms with E-state index in [9.17, 15) is 4.79 Å². The van der Waals surface area contributed by atoms with Crippen molar-refractivity contribution >= 4 is 12.0 Å². The molecule has 0 unspecified atom stereocenters. The molecule has 1 N–H and O–H groups in total. The zero-order valence-electron chi connectivity index (χ0n) is 11.1. The van der Waals surface area contributed by atoms with E-state index in [0.29, 0.717) is 13.2 Å². The second-order valence-electron chi connectivity index (χ2n) is 4.04. The van der Waals surface area contributed by atoms with Crippen LogP contribution in [0.5, 0.6) is 0 Å². The molecule has 1 amide bonds. The SMILES string of the molecule is CC/C(=C\c1ccccc1)C(=O)NCCCOC. The molecule has 0 aliphatic rings. The fourth-order valence-corrected chi connectivity index (χ4v) is 1.61. The first-order valence-electron chi connectivity index (χ1n) is 6.30. The molecular weight excluding hydrogens is 226 g/mol. The molecule has 0 atom stereocenters. The van der Waals surface area contributed by atoms with Crippen LogP contribution in [0.2, 0.25) is 0 Å². The first-order valence-corrected chi connectivity index (χ1v) is 6.30. The molecule has 0 fully saturated rings. The Morgan fingerprint density at radius 2 is 2.06 bits per heavy atom. The Labute approximate surface area is 109 Å². The largest absolute Gasteiger partial charge is 0.385 e. The fraction of sp³-hybridized carbons (Fsp3) is 0.400. The van der Waals surface area contributed by atoms with E-state index in [2.05, 4.69) is 5.32 Å². The van der Waals surface area contributed by atoms with Crippen molar-refractivity contribution in [2.45, 2.75) is 19.8 Å². The van der Waals surface area contributed by atoms with Gasteiger partial charge in [-0.2, -0.15) is 0 Å². The van der Waals surface area contributed by atoms with Gasteiger partial charge in [0, 0.05) is 25.8 Å². The van der Waals surface area contributed by atoms with E-state index in [1.165, 1.54) is 0 Å². The van der Waals surface area contributed by atoms with Gasteiger partial charge in [0.1, 0.15) is 0 Å². The molecule has 3 nitrogen and oxygen atoms in total. The van der Waals surface area contributed by atoms with Crippen LogP contribution < -0.4 is 5.32 Å². The highest BCUT2D eigenvalue weighted by molar-refractivity contribution is 5.97. The van der Waals surface area contributed by atoms with Gasteiger partial charge in [0.25, 0.3) is 0 Å². The minimum absolute atomic E-state index is 0.0115. The van der Waals surface area contributed by atoms with Crippen LogP contribution in [-0.2, 0) is 9.53 Å². The van der Waals surface area contributed by atoms with Gasteiger partial charge in [-0.25, -0.2) is 0 Å². The second kappa shape index (κ2) is 8.48. The third-order valence-corrected chi connectivity index (χ3v) is 2.62. The molecule has 0 bridgehead atoms. The third kappa shape index (κ3) is 5.15. The normalized spacial score (nSPS) is 11.3. The lowest BCUT2D eigenvalue weighted by atomic mass is 10.1. The van der Waals surface area contributed by atoms with Gasteiger partial charge in [-0.05, 0) is 24.5 Å². The van der Waals surface area contributed by atoms with E-state index < -0.39 is 0 Å². The number of amides is 1. The van der Waals surface area contributed by atoms with Gasteiger partial charge in [0.2, 0.25) is 5.91 Å². The van der Waals surface area contributed by atoms with Crippen LogP contribution in [0.3, 0.4) is 0 Å². The number of methoxy groups -OCH3 is 1. The average molecular weight is 247 g/mol. The fourth-order valence-electron chi connectivity index (χ4n) is 1.61. The number of ether oxygens (including phenoxy) is 1. The molecule has 1 rings (SSSR count). The zero-order chi connectivity index (χ0) is 13.2. The van der Waals surface area contributed by atoms with Gasteiger partial charge in [0.15, 0.2) is 0 Å².